The van der Waals surface area contributed by atoms with E-state index in [1.165, 1.54) is 6.07 Å². The van der Waals surface area contributed by atoms with Crippen LogP contribution in [0.1, 0.15) is 22.3 Å². The Kier molecular flexibility index (Phi) is 4.04. The van der Waals surface area contributed by atoms with Gasteiger partial charge in [-0.05, 0) is 47.4 Å². The molecule has 0 bridgehead atoms. The highest BCUT2D eigenvalue weighted by atomic mass is 16.3. The molecular weight excluding hydrogens is 244 g/mol. The number of aliphatic hydroxyl groups excluding tert-OH is 2. The van der Waals surface area contributed by atoms with E-state index in [2.05, 4.69) is 0 Å². The fourth-order valence-corrected chi connectivity index (χ4v) is 2.03. The Morgan fingerprint density at radius 3 is 2.16 bits per heavy atom. The summed E-state index contributed by atoms with van der Waals surface area (Å²) in [7, 11) is 0. The lowest BCUT2D eigenvalue weighted by Gasteiger charge is -2.10. The van der Waals surface area contributed by atoms with Gasteiger partial charge in [0, 0.05) is 5.56 Å². The summed E-state index contributed by atoms with van der Waals surface area (Å²) >= 11 is 0. The number of aromatic hydroxyl groups is 2. The predicted molar refractivity (Wildman–Crippen MR) is 70.9 cm³/mol. The van der Waals surface area contributed by atoms with E-state index >= 15 is 0 Å². The van der Waals surface area contributed by atoms with E-state index in [0.717, 1.165) is 11.1 Å². The molecule has 2 aromatic carbocycles. The maximum absolute atomic E-state index is 9.51. The Bertz CT molecular complexity index is 578. The third-order valence-corrected chi connectivity index (χ3v) is 3.07. The van der Waals surface area contributed by atoms with Gasteiger partial charge in [0.1, 0.15) is 11.5 Å². The van der Waals surface area contributed by atoms with Crippen molar-refractivity contribution in [3.8, 4) is 11.5 Å². The van der Waals surface area contributed by atoms with E-state index < -0.39 is 0 Å². The zero-order valence-electron chi connectivity index (χ0n) is 10.4. The van der Waals surface area contributed by atoms with Gasteiger partial charge in [0.15, 0.2) is 0 Å². The Hall–Kier alpha value is -2.04. The van der Waals surface area contributed by atoms with E-state index in [9.17, 15) is 15.3 Å². The first-order valence-electron chi connectivity index (χ1n) is 5.97. The molecule has 0 fully saturated rings. The molecule has 2 rings (SSSR count). The van der Waals surface area contributed by atoms with Gasteiger partial charge in [-0.3, -0.25) is 0 Å². The number of phenolic OH excluding ortho intramolecular Hbond substituents is 1. The van der Waals surface area contributed by atoms with Crippen LogP contribution in [0.4, 0.5) is 0 Å². The Labute approximate surface area is 111 Å². The highest BCUT2D eigenvalue weighted by Gasteiger charge is 2.06. The molecule has 0 aliphatic heterocycles. The molecule has 4 N–H and O–H groups in total. The molecule has 0 saturated heterocycles. The van der Waals surface area contributed by atoms with Crippen molar-refractivity contribution in [3.63, 3.8) is 0 Å². The van der Waals surface area contributed by atoms with Crippen LogP contribution in [0.25, 0.3) is 0 Å². The molecule has 100 valence electrons. The number of hydrogen-bond donors (Lipinski definition) is 4. The van der Waals surface area contributed by atoms with Crippen molar-refractivity contribution < 1.29 is 20.4 Å². The Morgan fingerprint density at radius 2 is 1.47 bits per heavy atom. The van der Waals surface area contributed by atoms with E-state index in [4.69, 9.17) is 5.11 Å². The quantitative estimate of drug-likeness (QED) is 0.674. The van der Waals surface area contributed by atoms with E-state index in [1.54, 1.807) is 30.3 Å². The molecule has 0 aliphatic rings. The number of phenols is 2. The minimum absolute atomic E-state index is 0.0688. The topological polar surface area (TPSA) is 80.9 Å². The van der Waals surface area contributed by atoms with Gasteiger partial charge in [0.25, 0.3) is 0 Å². The molecule has 0 aromatic heterocycles. The second-order valence-corrected chi connectivity index (χ2v) is 4.41. The first-order chi connectivity index (χ1) is 9.13. The van der Waals surface area contributed by atoms with Crippen LogP contribution in [0.5, 0.6) is 11.5 Å². The zero-order valence-corrected chi connectivity index (χ0v) is 10.4. The number of rotatable bonds is 4. The zero-order chi connectivity index (χ0) is 13.8. The second-order valence-electron chi connectivity index (χ2n) is 4.41. The van der Waals surface area contributed by atoms with Crippen LogP contribution in [0.15, 0.2) is 36.4 Å². The van der Waals surface area contributed by atoms with Gasteiger partial charge in [-0.15, -0.1) is 0 Å². The SMILES string of the molecule is OCc1cc(Cc2ccc(O)cc2CO)ccc1O. The van der Waals surface area contributed by atoms with Gasteiger partial charge in [-0.25, -0.2) is 0 Å². The molecule has 0 amide bonds. The fourth-order valence-electron chi connectivity index (χ4n) is 2.03. The summed E-state index contributed by atoms with van der Waals surface area (Å²) in [6.45, 7) is -0.364. The minimum atomic E-state index is -0.220. The number of benzene rings is 2. The first-order valence-corrected chi connectivity index (χ1v) is 5.97. The summed E-state index contributed by atoms with van der Waals surface area (Å²) in [5.74, 6) is 0.189. The third kappa shape index (κ3) is 3.05. The number of aliphatic hydroxyl groups is 2. The normalized spacial score (nSPS) is 10.6. The molecule has 0 aliphatic carbocycles. The van der Waals surface area contributed by atoms with Crippen molar-refractivity contribution in [2.24, 2.45) is 0 Å². The summed E-state index contributed by atoms with van der Waals surface area (Å²) in [5, 5.41) is 37.3. The van der Waals surface area contributed by atoms with Crippen LogP contribution >= 0.6 is 0 Å². The second kappa shape index (κ2) is 5.73. The smallest absolute Gasteiger partial charge is 0.121 e. The van der Waals surface area contributed by atoms with E-state index in [1.807, 2.05) is 0 Å². The largest absolute Gasteiger partial charge is 0.508 e. The molecule has 4 heteroatoms. The van der Waals surface area contributed by atoms with Crippen LogP contribution in [0.3, 0.4) is 0 Å². The van der Waals surface area contributed by atoms with Crippen molar-refractivity contribution in [1.29, 1.82) is 0 Å². The highest BCUT2D eigenvalue weighted by molar-refractivity contribution is 5.41. The summed E-state index contributed by atoms with van der Waals surface area (Å²) in [6.07, 6.45) is 0.559. The van der Waals surface area contributed by atoms with Gasteiger partial charge < -0.3 is 20.4 Å². The molecule has 0 radical (unpaired) electrons. The minimum Gasteiger partial charge on any atom is -0.508 e. The lowest BCUT2D eigenvalue weighted by molar-refractivity contribution is 0.275. The maximum atomic E-state index is 9.51. The fraction of sp³-hybridized carbons (Fsp3) is 0.200. The van der Waals surface area contributed by atoms with E-state index in [0.29, 0.717) is 17.5 Å². The van der Waals surface area contributed by atoms with Gasteiger partial charge in [0.2, 0.25) is 0 Å². The van der Waals surface area contributed by atoms with Gasteiger partial charge in [-0.2, -0.15) is 0 Å². The van der Waals surface area contributed by atoms with Crippen LogP contribution in [0, 0.1) is 0 Å². The molecule has 0 atom stereocenters. The molecule has 19 heavy (non-hydrogen) atoms. The van der Waals surface area contributed by atoms with Crippen molar-refractivity contribution >= 4 is 0 Å². The highest BCUT2D eigenvalue weighted by Crippen LogP contribution is 2.23. The summed E-state index contributed by atoms with van der Waals surface area (Å²) < 4.78 is 0. The predicted octanol–water partition coefficient (Wildman–Crippen LogP) is 1.67. The van der Waals surface area contributed by atoms with Crippen LogP contribution in [0.2, 0.25) is 0 Å². The first kappa shape index (κ1) is 13.4. The summed E-state index contributed by atoms with van der Waals surface area (Å²) in [5.41, 5.74) is 2.96. The lowest BCUT2D eigenvalue weighted by Crippen LogP contribution is -1.97. The monoisotopic (exact) mass is 260 g/mol. The maximum Gasteiger partial charge on any atom is 0.121 e. The van der Waals surface area contributed by atoms with Crippen molar-refractivity contribution in [2.45, 2.75) is 19.6 Å². The molecular formula is C15H16O4. The van der Waals surface area contributed by atoms with Crippen LogP contribution in [-0.4, -0.2) is 20.4 Å². The van der Waals surface area contributed by atoms with Crippen LogP contribution < -0.4 is 0 Å². The van der Waals surface area contributed by atoms with Gasteiger partial charge >= 0.3 is 0 Å². The third-order valence-electron chi connectivity index (χ3n) is 3.07. The number of hydrogen-bond acceptors (Lipinski definition) is 4. The van der Waals surface area contributed by atoms with E-state index in [-0.39, 0.29) is 24.7 Å². The molecule has 2 aromatic rings. The molecule has 0 spiro atoms. The van der Waals surface area contributed by atoms with Crippen LogP contribution in [-0.2, 0) is 19.6 Å². The Balaban J connectivity index is 2.30. The van der Waals surface area contributed by atoms with Gasteiger partial charge in [0.05, 0.1) is 13.2 Å². The lowest BCUT2D eigenvalue weighted by atomic mass is 9.98. The average molecular weight is 260 g/mol. The Morgan fingerprint density at radius 1 is 0.737 bits per heavy atom. The molecule has 4 nitrogen and oxygen atoms in total. The van der Waals surface area contributed by atoms with Gasteiger partial charge in [-0.1, -0.05) is 12.1 Å². The average Bonchev–Trinajstić information content (AvgIpc) is 2.42. The molecule has 0 heterocycles. The standard InChI is InChI=1S/C15H16O4/c16-8-12-7-14(18)3-2-11(12)5-10-1-4-15(19)13(6-10)9-17/h1-4,6-7,16-19H,5,8-9H2. The van der Waals surface area contributed by atoms with Crippen molar-refractivity contribution in [3.05, 3.63) is 58.7 Å². The summed E-state index contributed by atoms with van der Waals surface area (Å²) in [4.78, 5) is 0. The summed E-state index contributed by atoms with van der Waals surface area (Å²) in [6, 6.07) is 9.89. The van der Waals surface area contributed by atoms with Crippen molar-refractivity contribution in [1.82, 2.24) is 0 Å². The van der Waals surface area contributed by atoms with Crippen molar-refractivity contribution in [2.75, 3.05) is 0 Å². The molecule has 0 saturated carbocycles. The molecule has 0 unspecified atom stereocenters.